The number of hydrogen-bond donors (Lipinski definition) is 1. The second-order valence-corrected chi connectivity index (χ2v) is 5.71. The Labute approximate surface area is 131 Å². The van der Waals surface area contributed by atoms with Gasteiger partial charge in [0.15, 0.2) is 0 Å². The van der Waals surface area contributed by atoms with Gasteiger partial charge in [0.05, 0.1) is 0 Å². The van der Waals surface area contributed by atoms with E-state index in [-0.39, 0.29) is 5.91 Å². The Morgan fingerprint density at radius 1 is 1.14 bits per heavy atom. The molecule has 2 aromatic carbocycles. The molecule has 0 spiro atoms. The summed E-state index contributed by atoms with van der Waals surface area (Å²) in [5.41, 5.74) is 2.23. The molecule has 3 aromatic rings. The molecule has 0 radical (unpaired) electrons. The zero-order valence-electron chi connectivity index (χ0n) is 11.4. The number of rotatable bonds is 2. The Morgan fingerprint density at radius 3 is 2.81 bits per heavy atom. The number of carbonyl (C=O) groups excluding carboxylic acids is 1. The predicted molar refractivity (Wildman–Crippen MR) is 88.6 cm³/mol. The van der Waals surface area contributed by atoms with Crippen molar-refractivity contribution in [2.24, 2.45) is 0 Å². The topological polar surface area (TPSA) is 42.0 Å². The highest BCUT2D eigenvalue weighted by molar-refractivity contribution is 9.10. The van der Waals surface area contributed by atoms with Gasteiger partial charge in [-0.15, -0.1) is 0 Å². The van der Waals surface area contributed by atoms with Crippen molar-refractivity contribution < 1.29 is 4.79 Å². The summed E-state index contributed by atoms with van der Waals surface area (Å²) in [6.45, 7) is 1.96. The SMILES string of the molecule is Cc1ccc(Br)cc1NC(=O)c1nccc2ccccc12. The third-order valence-corrected chi connectivity index (χ3v) is 3.83. The summed E-state index contributed by atoms with van der Waals surface area (Å²) in [5, 5.41) is 4.78. The van der Waals surface area contributed by atoms with Crippen molar-refractivity contribution in [1.82, 2.24) is 4.98 Å². The van der Waals surface area contributed by atoms with Gasteiger partial charge in [0.25, 0.3) is 5.91 Å². The molecule has 3 rings (SSSR count). The van der Waals surface area contributed by atoms with Gasteiger partial charge in [0.1, 0.15) is 5.69 Å². The number of fused-ring (bicyclic) bond motifs is 1. The second kappa shape index (κ2) is 5.66. The highest BCUT2D eigenvalue weighted by Gasteiger charge is 2.12. The van der Waals surface area contributed by atoms with Crippen LogP contribution in [0.2, 0.25) is 0 Å². The largest absolute Gasteiger partial charge is 0.320 e. The molecule has 3 nitrogen and oxygen atoms in total. The van der Waals surface area contributed by atoms with Crippen LogP contribution in [0.5, 0.6) is 0 Å². The van der Waals surface area contributed by atoms with Crippen molar-refractivity contribution in [3.63, 3.8) is 0 Å². The smallest absolute Gasteiger partial charge is 0.274 e. The zero-order valence-corrected chi connectivity index (χ0v) is 13.0. The van der Waals surface area contributed by atoms with E-state index in [0.29, 0.717) is 5.69 Å². The number of aromatic nitrogens is 1. The molecule has 0 saturated heterocycles. The lowest BCUT2D eigenvalue weighted by Gasteiger charge is -2.10. The van der Waals surface area contributed by atoms with Crippen LogP contribution >= 0.6 is 15.9 Å². The van der Waals surface area contributed by atoms with E-state index in [0.717, 1.165) is 26.5 Å². The van der Waals surface area contributed by atoms with E-state index in [4.69, 9.17) is 0 Å². The first kappa shape index (κ1) is 13.8. The quantitative estimate of drug-likeness (QED) is 0.743. The Kier molecular flexibility index (Phi) is 3.71. The predicted octanol–water partition coefficient (Wildman–Crippen LogP) is 4.56. The molecule has 4 heteroatoms. The average Bonchev–Trinajstić information content (AvgIpc) is 2.50. The van der Waals surface area contributed by atoms with E-state index in [1.165, 1.54) is 0 Å². The fraction of sp³-hybridized carbons (Fsp3) is 0.0588. The van der Waals surface area contributed by atoms with Crippen LogP contribution in [0.25, 0.3) is 10.8 Å². The van der Waals surface area contributed by atoms with Gasteiger partial charge in [0, 0.05) is 21.7 Å². The molecule has 0 unspecified atom stereocenters. The maximum absolute atomic E-state index is 12.5. The Hall–Kier alpha value is -2.20. The molecule has 104 valence electrons. The van der Waals surface area contributed by atoms with Gasteiger partial charge >= 0.3 is 0 Å². The fourth-order valence-corrected chi connectivity index (χ4v) is 2.57. The number of amides is 1. The lowest BCUT2D eigenvalue weighted by molar-refractivity contribution is 0.102. The van der Waals surface area contributed by atoms with E-state index in [1.807, 2.05) is 55.5 Å². The Bertz CT molecular complexity index is 825. The van der Waals surface area contributed by atoms with Crippen molar-refractivity contribution in [2.45, 2.75) is 6.92 Å². The lowest BCUT2D eigenvalue weighted by Crippen LogP contribution is -2.14. The highest BCUT2D eigenvalue weighted by Crippen LogP contribution is 2.22. The van der Waals surface area contributed by atoms with E-state index in [2.05, 4.69) is 26.2 Å². The van der Waals surface area contributed by atoms with Gasteiger partial charge in [-0.05, 0) is 36.1 Å². The van der Waals surface area contributed by atoms with Crippen LogP contribution < -0.4 is 5.32 Å². The van der Waals surface area contributed by atoms with Crippen LogP contribution in [-0.4, -0.2) is 10.9 Å². The van der Waals surface area contributed by atoms with Crippen molar-refractivity contribution in [1.29, 1.82) is 0 Å². The molecule has 0 saturated carbocycles. The number of nitrogens with one attached hydrogen (secondary N) is 1. The molecule has 0 bridgehead atoms. The maximum Gasteiger partial charge on any atom is 0.274 e. The molecule has 0 aliphatic heterocycles. The normalized spacial score (nSPS) is 10.6. The molecule has 21 heavy (non-hydrogen) atoms. The number of pyridine rings is 1. The van der Waals surface area contributed by atoms with Gasteiger partial charge in [-0.3, -0.25) is 9.78 Å². The Morgan fingerprint density at radius 2 is 1.95 bits per heavy atom. The summed E-state index contributed by atoms with van der Waals surface area (Å²) >= 11 is 3.42. The summed E-state index contributed by atoms with van der Waals surface area (Å²) in [5.74, 6) is -0.201. The second-order valence-electron chi connectivity index (χ2n) is 4.79. The summed E-state index contributed by atoms with van der Waals surface area (Å²) in [6.07, 6.45) is 1.66. The number of nitrogens with zero attached hydrogens (tertiary/aromatic N) is 1. The molecular formula is C17H13BrN2O. The summed E-state index contributed by atoms with van der Waals surface area (Å²) in [7, 11) is 0. The minimum absolute atomic E-state index is 0.201. The van der Waals surface area contributed by atoms with Crippen LogP contribution in [0.15, 0.2) is 59.2 Å². The van der Waals surface area contributed by atoms with Gasteiger partial charge in [-0.2, -0.15) is 0 Å². The highest BCUT2D eigenvalue weighted by atomic mass is 79.9. The number of benzene rings is 2. The average molecular weight is 341 g/mol. The van der Waals surface area contributed by atoms with Crippen LogP contribution in [0.3, 0.4) is 0 Å². The first-order chi connectivity index (χ1) is 10.1. The first-order valence-corrected chi connectivity index (χ1v) is 7.36. The van der Waals surface area contributed by atoms with Gasteiger partial charge in [0.2, 0.25) is 0 Å². The molecule has 0 aliphatic rings. The van der Waals surface area contributed by atoms with Gasteiger partial charge < -0.3 is 5.32 Å². The fourth-order valence-electron chi connectivity index (χ4n) is 2.21. The third kappa shape index (κ3) is 2.81. The maximum atomic E-state index is 12.5. The molecule has 0 aliphatic carbocycles. The minimum atomic E-state index is -0.201. The van der Waals surface area contributed by atoms with Crippen LogP contribution in [0.1, 0.15) is 16.1 Å². The molecule has 1 amide bonds. The summed E-state index contributed by atoms with van der Waals surface area (Å²) in [4.78, 5) is 16.7. The minimum Gasteiger partial charge on any atom is -0.320 e. The summed E-state index contributed by atoms with van der Waals surface area (Å²) in [6, 6.07) is 15.4. The standard InChI is InChI=1S/C17H13BrN2O/c1-11-6-7-13(18)10-15(11)20-17(21)16-14-5-3-2-4-12(14)8-9-19-16/h2-10H,1H3,(H,20,21). The van der Waals surface area contributed by atoms with Crippen molar-refractivity contribution in [3.05, 3.63) is 70.5 Å². The van der Waals surface area contributed by atoms with Gasteiger partial charge in [-0.25, -0.2) is 0 Å². The van der Waals surface area contributed by atoms with E-state index in [1.54, 1.807) is 6.20 Å². The molecule has 1 N–H and O–H groups in total. The first-order valence-electron chi connectivity index (χ1n) is 6.56. The number of aryl methyl sites for hydroxylation is 1. The number of carbonyl (C=O) groups is 1. The summed E-state index contributed by atoms with van der Waals surface area (Å²) < 4.78 is 0.925. The Balaban J connectivity index is 1.99. The van der Waals surface area contributed by atoms with E-state index in [9.17, 15) is 4.79 Å². The van der Waals surface area contributed by atoms with E-state index >= 15 is 0 Å². The monoisotopic (exact) mass is 340 g/mol. The van der Waals surface area contributed by atoms with Crippen LogP contribution in [0.4, 0.5) is 5.69 Å². The van der Waals surface area contributed by atoms with Crippen molar-refractivity contribution in [3.8, 4) is 0 Å². The van der Waals surface area contributed by atoms with Crippen molar-refractivity contribution in [2.75, 3.05) is 5.32 Å². The molecule has 0 atom stereocenters. The lowest BCUT2D eigenvalue weighted by atomic mass is 10.1. The number of hydrogen-bond acceptors (Lipinski definition) is 2. The van der Waals surface area contributed by atoms with E-state index < -0.39 is 0 Å². The molecule has 1 heterocycles. The molecular weight excluding hydrogens is 328 g/mol. The van der Waals surface area contributed by atoms with Gasteiger partial charge in [-0.1, -0.05) is 46.3 Å². The van der Waals surface area contributed by atoms with Crippen LogP contribution in [0, 0.1) is 6.92 Å². The zero-order chi connectivity index (χ0) is 14.8. The number of anilines is 1. The number of halogens is 1. The third-order valence-electron chi connectivity index (χ3n) is 3.34. The molecule has 0 fully saturated rings. The molecule has 1 aromatic heterocycles. The van der Waals surface area contributed by atoms with Crippen molar-refractivity contribution >= 4 is 38.3 Å². The van der Waals surface area contributed by atoms with Crippen LogP contribution in [-0.2, 0) is 0 Å².